The zero-order valence-electron chi connectivity index (χ0n) is 10.5. The van der Waals surface area contributed by atoms with Gasteiger partial charge in [0.05, 0.1) is 6.10 Å². The molecule has 2 aromatic carbocycles. The minimum absolute atomic E-state index is 0.0819. The maximum Gasteiger partial charge on any atom is 0.387 e. The van der Waals surface area contributed by atoms with Crippen LogP contribution in [0.5, 0.6) is 5.75 Å². The summed E-state index contributed by atoms with van der Waals surface area (Å²) >= 11 is 3.37. The largest absolute Gasteiger partial charge is 0.435 e. The van der Waals surface area contributed by atoms with Crippen LogP contribution in [-0.4, -0.2) is 11.7 Å². The van der Waals surface area contributed by atoms with Crippen LogP contribution in [0, 0.1) is 0 Å². The van der Waals surface area contributed by atoms with E-state index in [0.29, 0.717) is 12.0 Å². The van der Waals surface area contributed by atoms with Crippen molar-refractivity contribution >= 4 is 15.9 Å². The van der Waals surface area contributed by atoms with E-state index >= 15 is 0 Å². The Morgan fingerprint density at radius 2 is 1.80 bits per heavy atom. The molecule has 1 atom stereocenters. The molecule has 0 fully saturated rings. The van der Waals surface area contributed by atoms with E-state index in [1.807, 2.05) is 24.3 Å². The predicted molar refractivity (Wildman–Crippen MR) is 75.9 cm³/mol. The molecule has 1 unspecified atom stereocenters. The van der Waals surface area contributed by atoms with E-state index in [0.717, 1.165) is 10.0 Å². The van der Waals surface area contributed by atoms with Crippen LogP contribution < -0.4 is 4.74 Å². The van der Waals surface area contributed by atoms with E-state index in [1.54, 1.807) is 12.1 Å². The van der Waals surface area contributed by atoms with Gasteiger partial charge in [0.1, 0.15) is 5.75 Å². The molecule has 1 N–H and O–H groups in total. The van der Waals surface area contributed by atoms with Crippen LogP contribution in [0.1, 0.15) is 17.2 Å². The Kier molecular flexibility index (Phi) is 5.09. The predicted octanol–water partition coefficient (Wildman–Crippen LogP) is 4.33. The van der Waals surface area contributed by atoms with E-state index in [4.69, 9.17) is 0 Å². The third-order valence-electron chi connectivity index (χ3n) is 2.81. The highest BCUT2D eigenvalue weighted by Crippen LogP contribution is 2.23. The molecular weight excluding hydrogens is 330 g/mol. The Hall–Kier alpha value is -1.46. The van der Waals surface area contributed by atoms with Gasteiger partial charge in [-0.15, -0.1) is 0 Å². The van der Waals surface area contributed by atoms with Crippen molar-refractivity contribution in [1.82, 2.24) is 0 Å². The second-order valence-corrected chi connectivity index (χ2v) is 5.21. The molecule has 0 amide bonds. The molecule has 0 spiro atoms. The second-order valence-electron chi connectivity index (χ2n) is 4.30. The first kappa shape index (κ1) is 14.9. The number of benzene rings is 2. The van der Waals surface area contributed by atoms with Crippen molar-refractivity contribution in [1.29, 1.82) is 0 Å². The van der Waals surface area contributed by atoms with Crippen LogP contribution in [0.3, 0.4) is 0 Å². The van der Waals surface area contributed by atoms with Crippen molar-refractivity contribution in [2.24, 2.45) is 0 Å². The van der Waals surface area contributed by atoms with Crippen molar-refractivity contribution in [2.75, 3.05) is 0 Å². The van der Waals surface area contributed by atoms with E-state index in [-0.39, 0.29) is 5.75 Å². The van der Waals surface area contributed by atoms with Crippen LogP contribution in [0.2, 0.25) is 0 Å². The number of ether oxygens (including phenoxy) is 1. The van der Waals surface area contributed by atoms with Gasteiger partial charge >= 0.3 is 6.61 Å². The van der Waals surface area contributed by atoms with Gasteiger partial charge in [-0.3, -0.25) is 0 Å². The summed E-state index contributed by atoms with van der Waals surface area (Å²) in [6.07, 6.45) is -0.237. The molecule has 0 aromatic heterocycles. The molecule has 0 bridgehead atoms. The number of rotatable bonds is 5. The minimum Gasteiger partial charge on any atom is -0.435 e. The zero-order chi connectivity index (χ0) is 14.5. The summed E-state index contributed by atoms with van der Waals surface area (Å²) in [6, 6.07) is 13.7. The molecule has 0 heterocycles. The first-order valence-corrected chi connectivity index (χ1v) is 6.81. The average Bonchev–Trinajstić information content (AvgIpc) is 2.38. The van der Waals surface area contributed by atoms with Crippen LogP contribution >= 0.6 is 15.9 Å². The lowest BCUT2D eigenvalue weighted by Gasteiger charge is -2.12. The first-order chi connectivity index (χ1) is 9.54. The molecule has 5 heteroatoms. The van der Waals surface area contributed by atoms with Crippen molar-refractivity contribution in [3.63, 3.8) is 0 Å². The van der Waals surface area contributed by atoms with E-state index in [9.17, 15) is 13.9 Å². The number of hydrogen-bond donors (Lipinski definition) is 1. The summed E-state index contributed by atoms with van der Waals surface area (Å²) in [7, 11) is 0. The van der Waals surface area contributed by atoms with Gasteiger partial charge in [0.2, 0.25) is 0 Å². The summed E-state index contributed by atoms with van der Waals surface area (Å²) in [5.41, 5.74) is 1.64. The topological polar surface area (TPSA) is 29.5 Å². The summed E-state index contributed by atoms with van der Waals surface area (Å²) in [4.78, 5) is 0. The number of aliphatic hydroxyl groups is 1. The fraction of sp³-hybridized carbons (Fsp3) is 0.200. The van der Waals surface area contributed by atoms with Crippen LogP contribution in [0.15, 0.2) is 53.0 Å². The maximum absolute atomic E-state index is 12.0. The van der Waals surface area contributed by atoms with Gasteiger partial charge in [0.25, 0.3) is 0 Å². The third kappa shape index (κ3) is 4.28. The molecule has 0 saturated heterocycles. The highest BCUT2D eigenvalue weighted by Gasteiger charge is 2.10. The Morgan fingerprint density at radius 1 is 1.10 bits per heavy atom. The van der Waals surface area contributed by atoms with Crippen LogP contribution in [-0.2, 0) is 6.42 Å². The fourth-order valence-corrected chi connectivity index (χ4v) is 2.32. The van der Waals surface area contributed by atoms with Gasteiger partial charge in [0.15, 0.2) is 0 Å². The molecule has 0 aliphatic carbocycles. The van der Waals surface area contributed by atoms with Crippen molar-refractivity contribution in [2.45, 2.75) is 19.1 Å². The highest BCUT2D eigenvalue weighted by molar-refractivity contribution is 9.10. The van der Waals surface area contributed by atoms with E-state index in [2.05, 4.69) is 20.7 Å². The van der Waals surface area contributed by atoms with Gasteiger partial charge in [-0.05, 0) is 35.4 Å². The van der Waals surface area contributed by atoms with Gasteiger partial charge in [-0.1, -0.05) is 40.2 Å². The fourth-order valence-electron chi connectivity index (χ4n) is 1.88. The Bertz CT molecular complexity index is 558. The molecule has 20 heavy (non-hydrogen) atoms. The van der Waals surface area contributed by atoms with Crippen molar-refractivity contribution in [3.05, 3.63) is 64.1 Å². The van der Waals surface area contributed by atoms with Crippen LogP contribution in [0.25, 0.3) is 0 Å². The first-order valence-electron chi connectivity index (χ1n) is 6.02. The van der Waals surface area contributed by atoms with Gasteiger partial charge < -0.3 is 9.84 Å². The van der Waals surface area contributed by atoms with Gasteiger partial charge in [-0.2, -0.15) is 8.78 Å². The monoisotopic (exact) mass is 342 g/mol. The van der Waals surface area contributed by atoms with Crippen molar-refractivity contribution < 1.29 is 18.6 Å². The Morgan fingerprint density at radius 3 is 2.40 bits per heavy atom. The Balaban J connectivity index is 2.03. The standard InChI is InChI=1S/C15H13BrF2O2/c16-12-3-1-2-10(8-12)9-14(19)11-4-6-13(7-5-11)20-15(17)18/h1-8,14-15,19H,9H2. The minimum atomic E-state index is -2.84. The Labute approximate surface area is 124 Å². The van der Waals surface area contributed by atoms with Crippen molar-refractivity contribution in [3.8, 4) is 5.75 Å². The molecule has 0 radical (unpaired) electrons. The zero-order valence-corrected chi connectivity index (χ0v) is 12.1. The normalized spacial score (nSPS) is 12.4. The quantitative estimate of drug-likeness (QED) is 0.876. The maximum atomic E-state index is 12.0. The van der Waals surface area contributed by atoms with Crippen LogP contribution in [0.4, 0.5) is 8.78 Å². The molecule has 0 saturated carbocycles. The number of aliphatic hydroxyl groups excluding tert-OH is 1. The third-order valence-corrected chi connectivity index (χ3v) is 3.30. The summed E-state index contributed by atoms with van der Waals surface area (Å²) < 4.78 is 29.3. The number of hydrogen-bond acceptors (Lipinski definition) is 2. The second kappa shape index (κ2) is 6.81. The lowest BCUT2D eigenvalue weighted by molar-refractivity contribution is -0.0498. The molecule has 2 nitrogen and oxygen atoms in total. The molecule has 2 aromatic rings. The molecule has 106 valence electrons. The van der Waals surface area contributed by atoms with Gasteiger partial charge in [-0.25, -0.2) is 0 Å². The highest BCUT2D eigenvalue weighted by atomic mass is 79.9. The molecule has 2 rings (SSSR count). The number of halogens is 3. The average molecular weight is 343 g/mol. The SMILES string of the molecule is OC(Cc1cccc(Br)c1)c1ccc(OC(F)F)cc1. The molecule has 0 aliphatic heterocycles. The smallest absolute Gasteiger partial charge is 0.387 e. The van der Waals surface area contributed by atoms with Gasteiger partial charge in [0, 0.05) is 10.9 Å². The summed E-state index contributed by atoms with van der Waals surface area (Å²) in [5, 5.41) is 10.1. The summed E-state index contributed by atoms with van der Waals surface area (Å²) in [5.74, 6) is 0.0819. The van der Waals surface area contributed by atoms with E-state index < -0.39 is 12.7 Å². The molecule has 0 aliphatic rings. The molecular formula is C15H13BrF2O2. The summed E-state index contributed by atoms with van der Waals surface area (Å²) in [6.45, 7) is -2.84. The van der Waals surface area contributed by atoms with E-state index in [1.165, 1.54) is 12.1 Å². The lowest BCUT2D eigenvalue weighted by atomic mass is 10.0. The lowest BCUT2D eigenvalue weighted by Crippen LogP contribution is -2.04. The number of alkyl halides is 2.